The number of rotatable bonds is 7. The molecule has 0 aliphatic rings. The van der Waals surface area contributed by atoms with Gasteiger partial charge in [0.15, 0.2) is 5.78 Å². The summed E-state index contributed by atoms with van der Waals surface area (Å²) in [6.45, 7) is 4.85. The third kappa shape index (κ3) is 4.18. The lowest BCUT2D eigenvalue weighted by atomic mass is 9.93. The quantitative estimate of drug-likeness (QED) is 0.790. The van der Waals surface area contributed by atoms with Gasteiger partial charge in [-0.3, -0.25) is 4.79 Å². The molecule has 0 saturated heterocycles. The molecule has 0 atom stereocenters. The zero-order valence-corrected chi connectivity index (χ0v) is 13.4. The van der Waals surface area contributed by atoms with Crippen LogP contribution in [0.5, 0.6) is 5.75 Å². The number of carbonyl (C=O) groups excluding carboxylic acids is 1. The Morgan fingerprint density at radius 1 is 1.09 bits per heavy atom. The Kier molecular flexibility index (Phi) is 5.34. The van der Waals surface area contributed by atoms with E-state index in [0.29, 0.717) is 13.0 Å². The average Bonchev–Trinajstić information content (AvgIpc) is 2.55. The van der Waals surface area contributed by atoms with Crippen molar-refractivity contribution in [3.8, 4) is 5.75 Å². The predicted molar refractivity (Wildman–Crippen MR) is 89.4 cm³/mol. The molecule has 0 bridgehead atoms. The highest BCUT2D eigenvalue weighted by atomic mass is 16.5. The molecule has 0 aliphatic heterocycles. The van der Waals surface area contributed by atoms with Gasteiger partial charge in [0.25, 0.3) is 0 Å². The molecular formula is C19H23NO2. The lowest BCUT2D eigenvalue weighted by Gasteiger charge is -2.27. The van der Waals surface area contributed by atoms with Crippen LogP contribution < -0.4 is 10.1 Å². The summed E-state index contributed by atoms with van der Waals surface area (Å²) < 4.78 is 5.27. The van der Waals surface area contributed by atoms with Crippen LogP contribution in [0, 0.1) is 0 Å². The largest absolute Gasteiger partial charge is 0.497 e. The van der Waals surface area contributed by atoms with Gasteiger partial charge in [0.2, 0.25) is 0 Å². The second-order valence-corrected chi connectivity index (χ2v) is 5.82. The zero-order valence-electron chi connectivity index (χ0n) is 13.4. The lowest BCUT2D eigenvalue weighted by molar-refractivity contribution is 0.0980. The van der Waals surface area contributed by atoms with Crippen LogP contribution in [0.3, 0.4) is 0 Å². The minimum absolute atomic E-state index is 0.162. The number of methoxy groups -OCH3 is 1. The van der Waals surface area contributed by atoms with Crippen LogP contribution >= 0.6 is 0 Å². The van der Waals surface area contributed by atoms with Gasteiger partial charge >= 0.3 is 0 Å². The van der Waals surface area contributed by atoms with Crippen LogP contribution in [0.4, 0.5) is 0 Å². The Hall–Kier alpha value is -2.13. The van der Waals surface area contributed by atoms with E-state index in [9.17, 15) is 4.79 Å². The Morgan fingerprint density at radius 2 is 1.82 bits per heavy atom. The summed E-state index contributed by atoms with van der Waals surface area (Å²) in [5.41, 5.74) is 1.69. The zero-order chi connectivity index (χ0) is 16.0. The molecule has 0 fully saturated rings. The van der Waals surface area contributed by atoms with E-state index in [0.717, 1.165) is 16.9 Å². The van der Waals surface area contributed by atoms with E-state index in [1.807, 2.05) is 48.5 Å². The number of nitrogens with one attached hydrogen (secondary N) is 1. The van der Waals surface area contributed by atoms with E-state index in [2.05, 4.69) is 25.2 Å². The summed E-state index contributed by atoms with van der Waals surface area (Å²) in [4.78, 5) is 12.1. The van der Waals surface area contributed by atoms with Crippen molar-refractivity contribution in [2.75, 3.05) is 13.7 Å². The normalized spacial score (nSPS) is 11.2. The van der Waals surface area contributed by atoms with Crippen molar-refractivity contribution < 1.29 is 9.53 Å². The van der Waals surface area contributed by atoms with Crippen molar-refractivity contribution in [2.45, 2.75) is 25.8 Å². The lowest BCUT2D eigenvalue weighted by Crippen LogP contribution is -2.37. The molecule has 0 unspecified atom stereocenters. The van der Waals surface area contributed by atoms with E-state index in [-0.39, 0.29) is 11.3 Å². The molecule has 0 aromatic heterocycles. The molecule has 2 aromatic carbocycles. The fourth-order valence-electron chi connectivity index (χ4n) is 2.37. The molecule has 0 spiro atoms. The number of carbonyl (C=O) groups is 1. The molecule has 3 heteroatoms. The minimum Gasteiger partial charge on any atom is -0.497 e. The monoisotopic (exact) mass is 297 g/mol. The third-order valence-corrected chi connectivity index (χ3v) is 3.81. The molecule has 3 nitrogen and oxygen atoms in total. The average molecular weight is 297 g/mol. The molecule has 2 rings (SSSR count). The fraction of sp³-hybridized carbons (Fsp3) is 0.316. The van der Waals surface area contributed by atoms with Gasteiger partial charge in [0.05, 0.1) is 7.11 Å². The molecule has 0 heterocycles. The first-order valence-electron chi connectivity index (χ1n) is 7.51. The van der Waals surface area contributed by atoms with Crippen molar-refractivity contribution in [3.05, 3.63) is 65.7 Å². The van der Waals surface area contributed by atoms with Crippen LogP contribution in [0.1, 0.15) is 36.2 Å². The van der Waals surface area contributed by atoms with Gasteiger partial charge < -0.3 is 10.1 Å². The van der Waals surface area contributed by atoms with E-state index in [1.54, 1.807) is 7.11 Å². The number of ether oxygens (including phenoxy) is 1. The highest BCUT2D eigenvalue weighted by Crippen LogP contribution is 2.24. The minimum atomic E-state index is -0.217. The summed E-state index contributed by atoms with van der Waals surface area (Å²) >= 11 is 0. The Bertz CT molecular complexity index is 620. The SMILES string of the molecule is COc1cccc(C(C)(C)NCCC(=O)c2ccccc2)c1. The first-order valence-corrected chi connectivity index (χ1v) is 7.51. The Morgan fingerprint density at radius 3 is 2.50 bits per heavy atom. The Labute approximate surface area is 132 Å². The van der Waals surface area contributed by atoms with E-state index in [4.69, 9.17) is 4.74 Å². The highest BCUT2D eigenvalue weighted by Gasteiger charge is 2.20. The number of hydrogen-bond acceptors (Lipinski definition) is 3. The molecular weight excluding hydrogens is 274 g/mol. The number of Topliss-reactive ketones (excluding diaryl/α,β-unsaturated/α-hetero) is 1. The second kappa shape index (κ2) is 7.23. The van der Waals surface area contributed by atoms with Gasteiger partial charge in [-0.2, -0.15) is 0 Å². The summed E-state index contributed by atoms with van der Waals surface area (Å²) in [7, 11) is 1.66. The topological polar surface area (TPSA) is 38.3 Å². The standard InChI is InChI=1S/C19H23NO2/c1-19(2,16-10-7-11-17(14-16)22-3)20-13-12-18(21)15-8-5-4-6-9-15/h4-11,14,20H,12-13H2,1-3H3. The van der Waals surface area contributed by atoms with Gasteiger partial charge in [0, 0.05) is 24.1 Å². The first kappa shape index (κ1) is 16.2. The summed E-state index contributed by atoms with van der Waals surface area (Å²) in [6, 6.07) is 17.4. The van der Waals surface area contributed by atoms with Crippen LogP contribution in [0.2, 0.25) is 0 Å². The van der Waals surface area contributed by atoms with Gasteiger partial charge in [-0.25, -0.2) is 0 Å². The number of ketones is 1. The Balaban J connectivity index is 1.93. The van der Waals surface area contributed by atoms with Gasteiger partial charge in [-0.05, 0) is 31.5 Å². The third-order valence-electron chi connectivity index (χ3n) is 3.81. The van der Waals surface area contributed by atoms with Crippen LogP contribution in [-0.2, 0) is 5.54 Å². The van der Waals surface area contributed by atoms with Gasteiger partial charge in [-0.1, -0.05) is 42.5 Å². The molecule has 0 amide bonds. The highest BCUT2D eigenvalue weighted by molar-refractivity contribution is 5.96. The molecule has 116 valence electrons. The molecule has 0 radical (unpaired) electrons. The molecule has 0 saturated carbocycles. The maximum atomic E-state index is 12.1. The smallest absolute Gasteiger partial charge is 0.164 e. The molecule has 2 aromatic rings. The molecule has 22 heavy (non-hydrogen) atoms. The second-order valence-electron chi connectivity index (χ2n) is 5.82. The van der Waals surface area contributed by atoms with Crippen molar-refractivity contribution in [2.24, 2.45) is 0 Å². The maximum Gasteiger partial charge on any atom is 0.164 e. The van der Waals surface area contributed by atoms with E-state index < -0.39 is 0 Å². The maximum absolute atomic E-state index is 12.1. The van der Waals surface area contributed by atoms with E-state index >= 15 is 0 Å². The van der Waals surface area contributed by atoms with Crippen LogP contribution in [0.15, 0.2) is 54.6 Å². The van der Waals surface area contributed by atoms with Crippen molar-refractivity contribution in [1.29, 1.82) is 0 Å². The van der Waals surface area contributed by atoms with Crippen LogP contribution in [-0.4, -0.2) is 19.4 Å². The number of hydrogen-bond donors (Lipinski definition) is 1. The summed E-state index contributed by atoms with van der Waals surface area (Å²) in [5, 5.41) is 3.45. The van der Waals surface area contributed by atoms with E-state index in [1.165, 1.54) is 0 Å². The van der Waals surface area contributed by atoms with Crippen molar-refractivity contribution in [3.63, 3.8) is 0 Å². The predicted octanol–water partition coefficient (Wildman–Crippen LogP) is 3.79. The van der Waals surface area contributed by atoms with Crippen LogP contribution in [0.25, 0.3) is 0 Å². The van der Waals surface area contributed by atoms with Crippen molar-refractivity contribution >= 4 is 5.78 Å². The summed E-state index contributed by atoms with van der Waals surface area (Å²) in [5.74, 6) is 1.00. The van der Waals surface area contributed by atoms with Crippen molar-refractivity contribution in [1.82, 2.24) is 5.32 Å². The fourth-order valence-corrected chi connectivity index (χ4v) is 2.37. The van der Waals surface area contributed by atoms with Gasteiger partial charge in [0.1, 0.15) is 5.75 Å². The number of benzene rings is 2. The molecule has 0 aliphatic carbocycles. The van der Waals surface area contributed by atoms with Gasteiger partial charge in [-0.15, -0.1) is 0 Å². The summed E-state index contributed by atoms with van der Waals surface area (Å²) in [6.07, 6.45) is 0.484. The molecule has 1 N–H and O–H groups in total. The first-order chi connectivity index (χ1) is 10.5.